The number of aromatic nitrogens is 2. The van der Waals surface area contributed by atoms with Gasteiger partial charge < -0.3 is 9.64 Å². The molecule has 1 unspecified atom stereocenters. The van der Waals surface area contributed by atoms with Crippen molar-refractivity contribution in [2.45, 2.75) is 64.0 Å². The van der Waals surface area contributed by atoms with Crippen molar-refractivity contribution >= 4 is 5.91 Å². The number of amides is 1. The van der Waals surface area contributed by atoms with E-state index in [1.807, 2.05) is 0 Å². The fraction of sp³-hybridized carbons (Fsp3) is 0.684. The lowest BCUT2D eigenvalue weighted by Crippen LogP contribution is -2.44. The van der Waals surface area contributed by atoms with Gasteiger partial charge in [-0.2, -0.15) is 28.5 Å². The molecule has 1 amide bonds. The van der Waals surface area contributed by atoms with Crippen LogP contribution in [-0.4, -0.2) is 52.2 Å². The molecule has 0 spiro atoms. The molecular weight excluding hydrogens is 387 g/mol. The molecule has 10 heteroatoms. The number of alkyl halides is 3. The van der Waals surface area contributed by atoms with Crippen LogP contribution in [0.4, 0.5) is 13.2 Å². The summed E-state index contributed by atoms with van der Waals surface area (Å²) in [5.74, 6) is 2.45. The molecule has 3 rings (SSSR count). The van der Waals surface area contributed by atoms with E-state index in [9.17, 15) is 18.0 Å². The van der Waals surface area contributed by atoms with E-state index < -0.39 is 24.4 Å². The van der Waals surface area contributed by atoms with Crippen LogP contribution in [0.15, 0.2) is 10.2 Å². The molecule has 1 fully saturated rings. The van der Waals surface area contributed by atoms with Crippen molar-refractivity contribution in [3.63, 3.8) is 0 Å². The molecular formula is C19H24F3N5O2. The molecule has 2 aliphatic heterocycles. The second-order valence-electron chi connectivity index (χ2n) is 7.42. The second-order valence-corrected chi connectivity index (χ2v) is 7.42. The number of ether oxygens (including phenoxy) is 1. The third-order valence-electron chi connectivity index (χ3n) is 5.34. The van der Waals surface area contributed by atoms with Crippen LogP contribution in [0.3, 0.4) is 0 Å². The van der Waals surface area contributed by atoms with E-state index in [0.29, 0.717) is 49.4 Å². The maximum atomic E-state index is 12.9. The van der Waals surface area contributed by atoms with Gasteiger partial charge in [0.15, 0.2) is 5.66 Å². The maximum absolute atomic E-state index is 12.9. The number of halogens is 3. The van der Waals surface area contributed by atoms with Crippen LogP contribution in [0.5, 0.6) is 0 Å². The lowest BCUT2D eigenvalue weighted by Gasteiger charge is -2.36. The summed E-state index contributed by atoms with van der Waals surface area (Å²) in [7, 11) is 0. The SMILES string of the molecule is C#CCCC1(CCC(=O)N2CCOCC2c2c(C)nn(CC(F)(F)F)c2C)N=N1. The highest BCUT2D eigenvalue weighted by Gasteiger charge is 2.41. The molecule has 1 atom stereocenters. The summed E-state index contributed by atoms with van der Waals surface area (Å²) < 4.78 is 45.0. The molecule has 1 aromatic rings. The molecule has 0 N–H and O–H groups in total. The Morgan fingerprint density at radius 3 is 2.69 bits per heavy atom. The van der Waals surface area contributed by atoms with Crippen molar-refractivity contribution in [1.29, 1.82) is 0 Å². The normalized spacial score (nSPS) is 20.6. The van der Waals surface area contributed by atoms with Gasteiger partial charge >= 0.3 is 6.18 Å². The largest absolute Gasteiger partial charge is 0.408 e. The Morgan fingerprint density at radius 2 is 2.07 bits per heavy atom. The van der Waals surface area contributed by atoms with Crippen molar-refractivity contribution in [3.8, 4) is 12.3 Å². The standard InChI is InChI=1S/C19H24F3N5O2/c1-4-5-7-18(24-25-18)8-6-16(28)26-9-10-29-11-15(26)17-13(2)23-27(14(17)3)12-19(20,21)22/h1,15H,5-12H2,2-3H3. The first kappa shape index (κ1) is 21.3. The van der Waals surface area contributed by atoms with Gasteiger partial charge in [0.2, 0.25) is 5.91 Å². The lowest BCUT2D eigenvalue weighted by atomic mass is 9.99. The highest BCUT2D eigenvalue weighted by atomic mass is 19.4. The number of hydrogen-bond donors (Lipinski definition) is 0. The van der Waals surface area contributed by atoms with Gasteiger partial charge in [-0.15, -0.1) is 12.3 Å². The van der Waals surface area contributed by atoms with E-state index in [4.69, 9.17) is 11.2 Å². The van der Waals surface area contributed by atoms with Crippen LogP contribution in [0.1, 0.15) is 48.7 Å². The molecule has 1 aromatic heterocycles. The van der Waals surface area contributed by atoms with Crippen molar-refractivity contribution in [1.82, 2.24) is 14.7 Å². The number of carbonyl (C=O) groups excluding carboxylic acids is 1. The van der Waals surface area contributed by atoms with E-state index in [2.05, 4.69) is 21.2 Å². The first-order chi connectivity index (χ1) is 13.7. The minimum Gasteiger partial charge on any atom is -0.377 e. The quantitative estimate of drug-likeness (QED) is 0.646. The van der Waals surface area contributed by atoms with Gasteiger partial charge in [-0.25, -0.2) is 0 Å². The Labute approximate surface area is 167 Å². The van der Waals surface area contributed by atoms with Gasteiger partial charge in [0, 0.05) is 43.5 Å². The zero-order chi connectivity index (χ0) is 21.2. The Hall–Kier alpha value is -2.41. The average Bonchev–Trinajstić information content (AvgIpc) is 3.38. The van der Waals surface area contributed by atoms with E-state index in [1.165, 1.54) is 0 Å². The summed E-state index contributed by atoms with van der Waals surface area (Å²) in [6.45, 7) is 3.06. The minimum atomic E-state index is -4.37. The van der Waals surface area contributed by atoms with Gasteiger partial charge in [-0.3, -0.25) is 9.48 Å². The van der Waals surface area contributed by atoms with Gasteiger partial charge in [0.25, 0.3) is 0 Å². The molecule has 158 valence electrons. The zero-order valence-corrected chi connectivity index (χ0v) is 16.5. The molecule has 0 aromatic carbocycles. The smallest absolute Gasteiger partial charge is 0.377 e. The number of morpholine rings is 1. The second kappa shape index (κ2) is 8.14. The van der Waals surface area contributed by atoms with Crippen LogP contribution in [0, 0.1) is 26.2 Å². The fourth-order valence-electron chi connectivity index (χ4n) is 3.78. The van der Waals surface area contributed by atoms with Crippen LogP contribution >= 0.6 is 0 Å². The van der Waals surface area contributed by atoms with Crippen molar-refractivity contribution in [3.05, 3.63) is 17.0 Å². The van der Waals surface area contributed by atoms with E-state index >= 15 is 0 Å². The van der Waals surface area contributed by atoms with Gasteiger partial charge in [0.05, 0.1) is 24.9 Å². The van der Waals surface area contributed by atoms with Crippen LogP contribution < -0.4 is 0 Å². The van der Waals surface area contributed by atoms with Gasteiger partial charge in [0.1, 0.15) is 6.54 Å². The van der Waals surface area contributed by atoms with Crippen molar-refractivity contribution in [2.75, 3.05) is 19.8 Å². The molecule has 0 radical (unpaired) electrons. The number of terminal acetylenes is 1. The Kier molecular flexibility index (Phi) is 5.98. The van der Waals surface area contributed by atoms with E-state index in [-0.39, 0.29) is 18.9 Å². The summed E-state index contributed by atoms with van der Waals surface area (Å²) in [4.78, 5) is 14.6. The highest BCUT2D eigenvalue weighted by molar-refractivity contribution is 5.77. The summed E-state index contributed by atoms with van der Waals surface area (Å²) in [5, 5.41) is 12.1. The van der Waals surface area contributed by atoms with Crippen LogP contribution in [0.2, 0.25) is 0 Å². The monoisotopic (exact) mass is 411 g/mol. The number of nitrogens with zero attached hydrogens (tertiary/aromatic N) is 5. The molecule has 0 bridgehead atoms. The predicted octanol–water partition coefficient (Wildman–Crippen LogP) is 3.32. The third-order valence-corrected chi connectivity index (χ3v) is 5.34. The first-order valence-electron chi connectivity index (χ1n) is 9.51. The highest BCUT2D eigenvalue weighted by Crippen LogP contribution is 2.38. The molecule has 2 aliphatic rings. The van der Waals surface area contributed by atoms with Gasteiger partial charge in [-0.1, -0.05) is 0 Å². The van der Waals surface area contributed by atoms with Crippen LogP contribution in [-0.2, 0) is 16.1 Å². The summed E-state index contributed by atoms with van der Waals surface area (Å²) in [6, 6.07) is -0.465. The molecule has 0 aliphatic carbocycles. The zero-order valence-electron chi connectivity index (χ0n) is 16.5. The van der Waals surface area contributed by atoms with E-state index in [0.717, 1.165) is 4.68 Å². The maximum Gasteiger partial charge on any atom is 0.408 e. The molecule has 1 saturated heterocycles. The predicted molar refractivity (Wildman–Crippen MR) is 97.9 cm³/mol. The minimum absolute atomic E-state index is 0.0990. The van der Waals surface area contributed by atoms with Crippen LogP contribution in [0.25, 0.3) is 0 Å². The van der Waals surface area contributed by atoms with Gasteiger partial charge in [-0.05, 0) is 13.8 Å². The molecule has 7 nitrogen and oxygen atoms in total. The fourth-order valence-corrected chi connectivity index (χ4v) is 3.78. The number of carbonyl (C=O) groups is 1. The summed E-state index contributed by atoms with van der Waals surface area (Å²) in [5.41, 5.74) is 0.932. The number of rotatable bonds is 7. The van der Waals surface area contributed by atoms with Crippen molar-refractivity contribution < 1.29 is 22.7 Å². The van der Waals surface area contributed by atoms with E-state index in [1.54, 1.807) is 18.7 Å². The average molecular weight is 411 g/mol. The molecule has 29 heavy (non-hydrogen) atoms. The first-order valence-corrected chi connectivity index (χ1v) is 9.51. The number of aryl methyl sites for hydroxylation is 1. The summed E-state index contributed by atoms with van der Waals surface area (Å²) in [6.07, 6.45) is 2.79. The molecule has 0 saturated carbocycles. The number of hydrogen-bond acceptors (Lipinski definition) is 5. The Balaban J connectivity index is 1.73. The van der Waals surface area contributed by atoms with Crippen molar-refractivity contribution in [2.24, 2.45) is 10.2 Å². The topological polar surface area (TPSA) is 72.1 Å². The Bertz CT molecular complexity index is 834. The Morgan fingerprint density at radius 1 is 1.34 bits per heavy atom. The molecule has 3 heterocycles. The third kappa shape index (κ3) is 4.96. The lowest BCUT2D eigenvalue weighted by molar-refractivity contribution is -0.143. The summed E-state index contributed by atoms with van der Waals surface area (Å²) >= 11 is 0.